The number of ether oxygens (including phenoxy) is 4. The summed E-state index contributed by atoms with van der Waals surface area (Å²) in [7, 11) is 6.01. The zero-order chi connectivity index (χ0) is 68.2. The molecule has 0 aromatic rings. The first-order valence-corrected chi connectivity index (χ1v) is 42.7. The van der Waals surface area contributed by atoms with Crippen molar-refractivity contribution in [2.75, 3.05) is 47.5 Å². The van der Waals surface area contributed by atoms with Gasteiger partial charge in [-0.05, 0) is 12.8 Å². The van der Waals surface area contributed by atoms with Crippen molar-refractivity contribution >= 4 is 17.9 Å². The molecule has 0 saturated carbocycles. The first kappa shape index (κ1) is 92.3. The third-order valence-corrected chi connectivity index (χ3v) is 20.1. The molecule has 0 radical (unpaired) electrons. The van der Waals surface area contributed by atoms with E-state index in [4.69, 9.17) is 18.9 Å². The Morgan fingerprint density at radius 1 is 0.277 bits per heavy atom. The van der Waals surface area contributed by atoms with Crippen molar-refractivity contribution in [1.82, 2.24) is 0 Å². The van der Waals surface area contributed by atoms with Crippen LogP contribution in [0, 0.1) is 0 Å². The lowest BCUT2D eigenvalue weighted by molar-refractivity contribution is -0.870. The number of aliphatic carboxylic acids is 1. The van der Waals surface area contributed by atoms with Crippen LogP contribution in [0.15, 0.2) is 0 Å². The Morgan fingerprint density at radius 3 is 0.681 bits per heavy atom. The molecule has 0 aliphatic heterocycles. The lowest BCUT2D eigenvalue weighted by atomic mass is 10.0. The van der Waals surface area contributed by atoms with Crippen molar-refractivity contribution < 1.29 is 42.9 Å². The maximum atomic E-state index is 13.0. The normalized spacial score (nSPS) is 12.5. The largest absolute Gasteiger partial charge is 0.477 e. The number of carboxylic acids is 1. The Balaban J connectivity index is 3.88. The fourth-order valence-electron chi connectivity index (χ4n) is 13.6. The van der Waals surface area contributed by atoms with Gasteiger partial charge in [-0.15, -0.1) is 0 Å². The van der Waals surface area contributed by atoms with Crippen LogP contribution >= 0.6 is 0 Å². The molecule has 0 aromatic carbocycles. The van der Waals surface area contributed by atoms with E-state index in [2.05, 4.69) is 13.8 Å². The number of likely N-dealkylation sites (N-methyl/N-ethyl adjacent to an activating group) is 1. The molecule has 0 heterocycles. The maximum absolute atomic E-state index is 13.0. The van der Waals surface area contributed by atoms with Crippen LogP contribution in [0.25, 0.3) is 0 Å². The summed E-state index contributed by atoms with van der Waals surface area (Å²) in [6.07, 6.45) is 93.0. The molecule has 94 heavy (non-hydrogen) atoms. The van der Waals surface area contributed by atoms with E-state index in [9.17, 15) is 19.5 Å². The highest BCUT2D eigenvalue weighted by atomic mass is 16.7. The van der Waals surface area contributed by atoms with Crippen LogP contribution in [-0.4, -0.2) is 87.4 Å². The molecule has 0 rings (SSSR count). The van der Waals surface area contributed by atoms with Crippen LogP contribution < -0.4 is 0 Å². The van der Waals surface area contributed by atoms with Crippen LogP contribution in [0.2, 0.25) is 0 Å². The summed E-state index contributed by atoms with van der Waals surface area (Å²) in [6, 6.07) is 0. The van der Waals surface area contributed by atoms with Gasteiger partial charge >= 0.3 is 17.9 Å². The molecule has 0 bridgehead atoms. The molecule has 0 aromatic heterocycles. The van der Waals surface area contributed by atoms with Gasteiger partial charge in [0.25, 0.3) is 6.29 Å². The van der Waals surface area contributed by atoms with Gasteiger partial charge in [-0.25, -0.2) is 4.79 Å². The second kappa shape index (κ2) is 77.0. The summed E-state index contributed by atoms with van der Waals surface area (Å²) < 4.78 is 23.1. The molecule has 2 atom stereocenters. The van der Waals surface area contributed by atoms with E-state index >= 15 is 0 Å². The van der Waals surface area contributed by atoms with Crippen LogP contribution in [0.5, 0.6) is 0 Å². The van der Waals surface area contributed by atoms with Gasteiger partial charge in [-0.1, -0.05) is 444 Å². The summed E-state index contributed by atoms with van der Waals surface area (Å²) >= 11 is 0. The van der Waals surface area contributed by atoms with Gasteiger partial charge in [0.2, 0.25) is 0 Å². The minimum absolute atomic E-state index is 0.172. The topological polar surface area (TPSA) is 108 Å². The fraction of sp³-hybridized carbons (Fsp3) is 0.965. The average molecular weight is 1330 g/mol. The minimum atomic E-state index is -1.51. The first-order chi connectivity index (χ1) is 46.1. The number of hydrogen-bond acceptors (Lipinski definition) is 7. The zero-order valence-electron chi connectivity index (χ0n) is 64.4. The van der Waals surface area contributed by atoms with Gasteiger partial charge in [0.15, 0.2) is 6.10 Å². The van der Waals surface area contributed by atoms with Gasteiger partial charge in [-0.2, -0.15) is 0 Å². The maximum Gasteiger partial charge on any atom is 0.361 e. The van der Waals surface area contributed by atoms with E-state index in [-0.39, 0.29) is 38.2 Å². The number of nitrogens with zero attached hydrogens (tertiary/aromatic N) is 1. The van der Waals surface area contributed by atoms with Crippen molar-refractivity contribution in [2.45, 2.75) is 482 Å². The van der Waals surface area contributed by atoms with Crippen LogP contribution in [0.4, 0.5) is 0 Å². The van der Waals surface area contributed by atoms with Crippen molar-refractivity contribution in [3.63, 3.8) is 0 Å². The number of hydrogen-bond donors (Lipinski definition) is 1. The zero-order valence-corrected chi connectivity index (χ0v) is 64.4. The van der Waals surface area contributed by atoms with Crippen molar-refractivity contribution in [3.8, 4) is 0 Å². The second-order valence-corrected chi connectivity index (χ2v) is 30.9. The fourth-order valence-corrected chi connectivity index (χ4v) is 13.6. The summed E-state index contributed by atoms with van der Waals surface area (Å²) in [5.41, 5.74) is 0. The smallest absolute Gasteiger partial charge is 0.361 e. The molecule has 9 heteroatoms. The quantitative estimate of drug-likeness (QED) is 0.0278. The van der Waals surface area contributed by atoms with E-state index in [0.29, 0.717) is 17.4 Å². The molecule has 0 aliphatic rings. The third-order valence-electron chi connectivity index (χ3n) is 20.1. The predicted molar refractivity (Wildman–Crippen MR) is 406 cm³/mol. The van der Waals surface area contributed by atoms with Crippen LogP contribution in [0.3, 0.4) is 0 Å². The van der Waals surface area contributed by atoms with Crippen molar-refractivity contribution in [2.24, 2.45) is 0 Å². The van der Waals surface area contributed by atoms with Crippen molar-refractivity contribution in [1.29, 1.82) is 0 Å². The summed E-state index contributed by atoms with van der Waals surface area (Å²) in [6.45, 7) is 4.99. The summed E-state index contributed by atoms with van der Waals surface area (Å²) in [5.74, 6) is -1.96. The number of carbonyl (C=O) groups excluding carboxylic acids is 2. The molecule has 1 N–H and O–H groups in total. The molecule has 0 aliphatic carbocycles. The Bertz CT molecular complexity index is 1500. The van der Waals surface area contributed by atoms with Gasteiger partial charge in [0.05, 0.1) is 34.4 Å². The molecular weight excluding hydrogens is 1160 g/mol. The first-order valence-electron chi connectivity index (χ1n) is 42.7. The van der Waals surface area contributed by atoms with Gasteiger partial charge < -0.3 is 28.5 Å². The van der Waals surface area contributed by atoms with Gasteiger partial charge in [0.1, 0.15) is 13.2 Å². The van der Waals surface area contributed by atoms with Crippen LogP contribution in [0.1, 0.15) is 470 Å². The van der Waals surface area contributed by atoms with Gasteiger partial charge in [0, 0.05) is 12.8 Å². The Morgan fingerprint density at radius 2 is 0.479 bits per heavy atom. The number of carbonyl (C=O) groups is 3. The molecule has 0 saturated heterocycles. The SMILES string of the molecule is CCCCCCCCCCCCCCCCCCCCCCCCCCCCCCCCCCCCCCCCCCCC(=O)OC(COC(=O)CCCCCCCCCCCCCCCCCCCCCCCCCCCCCC)COC(OCC[N+](C)(C)C)C(=O)O. The lowest BCUT2D eigenvalue weighted by Crippen LogP contribution is -2.40. The van der Waals surface area contributed by atoms with Gasteiger partial charge in [-0.3, -0.25) is 9.59 Å². The molecule has 0 fully saturated rings. The molecule has 0 spiro atoms. The summed E-state index contributed by atoms with van der Waals surface area (Å²) in [5, 5.41) is 9.78. The Kier molecular flexibility index (Phi) is 75.6. The van der Waals surface area contributed by atoms with E-state index in [1.807, 2.05) is 21.1 Å². The Labute approximate surface area is 587 Å². The Hall–Kier alpha value is -1.71. The highest BCUT2D eigenvalue weighted by molar-refractivity contribution is 5.71. The standard InChI is InChI=1S/C85H167NO8/c1-6-8-10-12-14-16-18-20-22-24-26-28-30-32-34-36-37-38-39-40-41-42-43-44-45-46-47-48-50-52-54-56-58-60-62-64-66-68-70-72-74-76-83(88)94-81(80-93-85(84(89)90)91-78-77-86(3,4)5)79-92-82(87)75-73-71-69-67-65-63-61-59-57-55-53-51-49-35-33-31-29-27-25-23-21-19-17-15-13-11-9-7-2/h81,85H,6-80H2,1-5H3/p+1. The third kappa shape index (κ3) is 77.6. The van der Waals surface area contributed by atoms with Crippen LogP contribution in [-0.2, 0) is 33.3 Å². The van der Waals surface area contributed by atoms with Crippen molar-refractivity contribution in [3.05, 3.63) is 0 Å². The lowest BCUT2D eigenvalue weighted by Gasteiger charge is -2.25. The second-order valence-electron chi connectivity index (χ2n) is 30.9. The molecular formula is C85H168NO8+. The number of unbranched alkanes of at least 4 members (excludes halogenated alkanes) is 67. The monoisotopic (exact) mass is 1330 g/mol. The number of esters is 2. The molecule has 9 nitrogen and oxygen atoms in total. The van der Waals surface area contributed by atoms with E-state index < -0.39 is 18.4 Å². The van der Waals surface area contributed by atoms with E-state index in [0.717, 1.165) is 38.5 Å². The average Bonchev–Trinajstić information content (AvgIpc) is 3.42. The highest BCUT2D eigenvalue weighted by Crippen LogP contribution is 2.21. The molecule has 0 amide bonds. The molecule has 2 unspecified atom stereocenters. The summed E-state index contributed by atoms with van der Waals surface area (Å²) in [4.78, 5) is 37.8. The minimum Gasteiger partial charge on any atom is -0.477 e. The molecule has 560 valence electrons. The van der Waals surface area contributed by atoms with E-state index in [1.165, 1.54) is 405 Å². The number of rotatable bonds is 82. The number of quaternary nitrogens is 1. The highest BCUT2D eigenvalue weighted by Gasteiger charge is 2.25. The predicted octanol–water partition coefficient (Wildman–Crippen LogP) is 27.3. The number of carboxylic acid groups (broad SMARTS) is 1. The van der Waals surface area contributed by atoms with E-state index in [1.54, 1.807) is 0 Å².